The molecule has 0 atom stereocenters. The van der Waals surface area contributed by atoms with Gasteiger partial charge in [0.05, 0.1) is 6.54 Å². The van der Waals surface area contributed by atoms with Gasteiger partial charge >= 0.3 is 0 Å². The molecule has 16 heavy (non-hydrogen) atoms. The highest BCUT2D eigenvalue weighted by Gasteiger charge is 2.03. The van der Waals surface area contributed by atoms with E-state index in [1.807, 2.05) is 12.4 Å². The van der Waals surface area contributed by atoms with Crippen LogP contribution < -0.4 is 5.73 Å². The van der Waals surface area contributed by atoms with Crippen molar-refractivity contribution in [1.29, 1.82) is 0 Å². The van der Waals surface area contributed by atoms with Crippen LogP contribution in [0.1, 0.15) is 11.4 Å². The summed E-state index contributed by atoms with van der Waals surface area (Å²) in [6, 6.07) is 2.05. The molecule has 0 radical (unpaired) electrons. The van der Waals surface area contributed by atoms with Crippen molar-refractivity contribution >= 4 is 15.9 Å². The van der Waals surface area contributed by atoms with E-state index >= 15 is 0 Å². The third kappa shape index (κ3) is 2.68. The Hall–Kier alpha value is -1.20. The van der Waals surface area contributed by atoms with Crippen LogP contribution in [-0.4, -0.2) is 21.1 Å². The van der Waals surface area contributed by atoms with E-state index in [2.05, 4.69) is 36.5 Å². The molecule has 0 fully saturated rings. The molecule has 2 aromatic heterocycles. The van der Waals surface area contributed by atoms with Crippen LogP contribution in [0.25, 0.3) is 0 Å². The van der Waals surface area contributed by atoms with Crippen LogP contribution in [0.15, 0.2) is 35.3 Å². The van der Waals surface area contributed by atoms with Gasteiger partial charge in [0, 0.05) is 35.7 Å². The van der Waals surface area contributed by atoms with E-state index in [-0.39, 0.29) is 0 Å². The number of hydrogen-bond acceptors (Lipinski definition) is 3. The number of nitrogens with zero attached hydrogens (tertiary/aromatic N) is 3. The molecule has 0 amide bonds. The Morgan fingerprint density at radius 3 is 3.00 bits per heavy atom. The van der Waals surface area contributed by atoms with Gasteiger partial charge in [0.15, 0.2) is 0 Å². The van der Waals surface area contributed by atoms with Crippen molar-refractivity contribution < 1.29 is 0 Å². The highest BCUT2D eigenvalue weighted by molar-refractivity contribution is 9.10. The standard InChI is InChI=1S/C11H13BrN4/c12-10-5-9(6-14-7-10)8-16-4-3-15-11(16)1-2-13/h3-7H,1-2,8,13H2. The smallest absolute Gasteiger partial charge is 0.110 e. The van der Waals surface area contributed by atoms with Gasteiger partial charge in [-0.1, -0.05) is 0 Å². The summed E-state index contributed by atoms with van der Waals surface area (Å²) >= 11 is 3.41. The monoisotopic (exact) mass is 280 g/mol. The lowest BCUT2D eigenvalue weighted by molar-refractivity contribution is 0.714. The minimum absolute atomic E-state index is 0.619. The maximum absolute atomic E-state index is 5.53. The van der Waals surface area contributed by atoms with Gasteiger partial charge in [-0.05, 0) is 34.1 Å². The van der Waals surface area contributed by atoms with Crippen molar-refractivity contribution in [3.8, 4) is 0 Å². The second kappa shape index (κ2) is 5.23. The fourth-order valence-electron chi connectivity index (χ4n) is 1.58. The number of imidazole rings is 1. The van der Waals surface area contributed by atoms with E-state index in [0.717, 1.165) is 28.8 Å². The Morgan fingerprint density at radius 1 is 1.38 bits per heavy atom. The van der Waals surface area contributed by atoms with Crippen molar-refractivity contribution in [2.45, 2.75) is 13.0 Å². The topological polar surface area (TPSA) is 56.7 Å². The molecule has 0 saturated heterocycles. The lowest BCUT2D eigenvalue weighted by atomic mass is 10.3. The largest absolute Gasteiger partial charge is 0.330 e. The van der Waals surface area contributed by atoms with Gasteiger partial charge in [-0.3, -0.25) is 4.98 Å². The zero-order valence-corrected chi connectivity index (χ0v) is 10.4. The SMILES string of the molecule is NCCc1nccn1Cc1cncc(Br)c1. The molecular weight excluding hydrogens is 268 g/mol. The van der Waals surface area contributed by atoms with E-state index in [1.165, 1.54) is 0 Å². The Bertz CT molecular complexity index is 467. The molecule has 2 aromatic rings. The zero-order valence-electron chi connectivity index (χ0n) is 8.81. The molecule has 0 unspecified atom stereocenters. The van der Waals surface area contributed by atoms with Gasteiger partial charge in [-0.2, -0.15) is 0 Å². The van der Waals surface area contributed by atoms with Crippen LogP contribution in [0.5, 0.6) is 0 Å². The molecule has 0 spiro atoms. The van der Waals surface area contributed by atoms with Gasteiger partial charge in [0.25, 0.3) is 0 Å². The van der Waals surface area contributed by atoms with Crippen molar-refractivity contribution in [2.24, 2.45) is 5.73 Å². The lowest BCUT2D eigenvalue weighted by Gasteiger charge is -2.07. The van der Waals surface area contributed by atoms with Crippen LogP contribution in [0.3, 0.4) is 0 Å². The van der Waals surface area contributed by atoms with Crippen molar-refractivity contribution in [2.75, 3.05) is 6.54 Å². The van der Waals surface area contributed by atoms with Crippen molar-refractivity contribution in [1.82, 2.24) is 14.5 Å². The van der Waals surface area contributed by atoms with Gasteiger partial charge in [0.1, 0.15) is 5.82 Å². The van der Waals surface area contributed by atoms with Crippen LogP contribution in [0, 0.1) is 0 Å². The van der Waals surface area contributed by atoms with Crippen LogP contribution >= 0.6 is 15.9 Å². The maximum Gasteiger partial charge on any atom is 0.110 e. The molecule has 5 heteroatoms. The Labute approximate surface area is 103 Å². The first kappa shape index (κ1) is 11.3. The van der Waals surface area contributed by atoms with E-state index in [0.29, 0.717) is 6.54 Å². The average molecular weight is 281 g/mol. The van der Waals surface area contributed by atoms with E-state index in [1.54, 1.807) is 12.4 Å². The summed E-state index contributed by atoms with van der Waals surface area (Å²) in [4.78, 5) is 8.41. The molecule has 0 saturated carbocycles. The first-order valence-corrected chi connectivity index (χ1v) is 5.88. The van der Waals surface area contributed by atoms with Crippen molar-refractivity contribution in [3.63, 3.8) is 0 Å². The number of aromatic nitrogens is 3. The summed E-state index contributed by atoms with van der Waals surface area (Å²) in [6.07, 6.45) is 8.20. The molecule has 4 nitrogen and oxygen atoms in total. The average Bonchev–Trinajstić information content (AvgIpc) is 2.66. The summed E-state index contributed by atoms with van der Waals surface area (Å²) < 4.78 is 3.08. The lowest BCUT2D eigenvalue weighted by Crippen LogP contribution is -2.10. The molecule has 2 N–H and O–H groups in total. The van der Waals surface area contributed by atoms with E-state index < -0.39 is 0 Å². The summed E-state index contributed by atoms with van der Waals surface area (Å²) in [5.74, 6) is 1.02. The summed E-state index contributed by atoms with van der Waals surface area (Å²) in [6.45, 7) is 1.40. The molecule has 0 bridgehead atoms. The second-order valence-electron chi connectivity index (χ2n) is 3.52. The van der Waals surface area contributed by atoms with Crippen LogP contribution in [0.4, 0.5) is 0 Å². The highest BCUT2D eigenvalue weighted by Crippen LogP contribution is 2.11. The van der Waals surface area contributed by atoms with Crippen molar-refractivity contribution in [3.05, 3.63) is 46.7 Å². The molecule has 2 rings (SSSR count). The first-order chi connectivity index (χ1) is 7.79. The molecule has 2 heterocycles. The Balaban J connectivity index is 2.17. The molecule has 0 aliphatic carbocycles. The molecule has 84 valence electrons. The number of hydrogen-bond donors (Lipinski definition) is 1. The second-order valence-corrected chi connectivity index (χ2v) is 4.44. The van der Waals surface area contributed by atoms with E-state index in [9.17, 15) is 0 Å². The summed E-state index contributed by atoms with van der Waals surface area (Å²) in [5, 5.41) is 0. The normalized spacial score (nSPS) is 10.6. The fourth-order valence-corrected chi connectivity index (χ4v) is 1.99. The predicted molar refractivity (Wildman–Crippen MR) is 66.0 cm³/mol. The summed E-state index contributed by atoms with van der Waals surface area (Å²) in [7, 11) is 0. The molecule has 0 aliphatic heterocycles. The van der Waals surface area contributed by atoms with Gasteiger partial charge in [0.2, 0.25) is 0 Å². The zero-order chi connectivity index (χ0) is 11.4. The predicted octanol–water partition coefficient (Wildman–Crippen LogP) is 1.59. The number of pyridine rings is 1. The summed E-state index contributed by atoms with van der Waals surface area (Å²) in [5.41, 5.74) is 6.68. The molecule has 0 aliphatic rings. The third-order valence-electron chi connectivity index (χ3n) is 2.28. The highest BCUT2D eigenvalue weighted by atomic mass is 79.9. The minimum Gasteiger partial charge on any atom is -0.330 e. The minimum atomic E-state index is 0.619. The number of nitrogens with two attached hydrogens (primary N) is 1. The first-order valence-electron chi connectivity index (χ1n) is 5.09. The number of halogens is 1. The number of rotatable bonds is 4. The fraction of sp³-hybridized carbons (Fsp3) is 0.273. The quantitative estimate of drug-likeness (QED) is 0.926. The van der Waals surface area contributed by atoms with Gasteiger partial charge in [-0.25, -0.2) is 4.98 Å². The van der Waals surface area contributed by atoms with Crippen LogP contribution in [-0.2, 0) is 13.0 Å². The Morgan fingerprint density at radius 2 is 2.25 bits per heavy atom. The van der Waals surface area contributed by atoms with Crippen LogP contribution in [0.2, 0.25) is 0 Å². The van der Waals surface area contributed by atoms with Gasteiger partial charge in [-0.15, -0.1) is 0 Å². The van der Waals surface area contributed by atoms with Gasteiger partial charge < -0.3 is 10.3 Å². The molecule has 0 aromatic carbocycles. The Kier molecular flexibility index (Phi) is 3.69. The van der Waals surface area contributed by atoms with E-state index in [4.69, 9.17) is 5.73 Å². The molecular formula is C11H13BrN4. The maximum atomic E-state index is 5.53. The third-order valence-corrected chi connectivity index (χ3v) is 2.72.